The zero-order chi connectivity index (χ0) is 18.1. The summed E-state index contributed by atoms with van der Waals surface area (Å²) in [5.74, 6) is -0.0917. The molecule has 3 rings (SSSR count). The third-order valence-electron chi connectivity index (χ3n) is 4.25. The molecular formula is C19H19NO5. The molecule has 0 saturated carbocycles. The number of aliphatic carboxylic acids is 1. The molecule has 130 valence electrons. The number of anilines is 1. The van der Waals surface area contributed by atoms with Gasteiger partial charge in [0.1, 0.15) is 18.0 Å². The Morgan fingerprint density at radius 1 is 1.24 bits per heavy atom. The fourth-order valence-electron chi connectivity index (χ4n) is 3.00. The summed E-state index contributed by atoms with van der Waals surface area (Å²) < 4.78 is 10.9. The number of hydrogen-bond acceptors (Lipinski definition) is 4. The molecule has 1 aliphatic heterocycles. The Kier molecular flexibility index (Phi) is 4.35. The standard InChI is InChI=1S/C19H19NO5/c1-11-7-16(24-3)12(2)6-14(11)13-4-5-15-17(8-13)25-10-18(21)20(15)9-19(22)23/h4-8H,9-10H2,1-3H3,(H,22,23). The number of fused-ring (bicyclic) bond motifs is 1. The van der Waals surface area contributed by atoms with Crippen molar-refractivity contribution < 1.29 is 24.2 Å². The van der Waals surface area contributed by atoms with E-state index in [1.165, 1.54) is 4.90 Å². The maximum Gasteiger partial charge on any atom is 0.323 e. The SMILES string of the molecule is COc1cc(C)c(-c2ccc3c(c2)OCC(=O)N3CC(=O)O)cc1C. The molecule has 1 aliphatic rings. The van der Waals surface area contributed by atoms with E-state index in [-0.39, 0.29) is 19.1 Å². The molecule has 6 nitrogen and oxygen atoms in total. The van der Waals surface area contributed by atoms with Crippen molar-refractivity contribution >= 4 is 17.6 Å². The highest BCUT2D eigenvalue weighted by Crippen LogP contribution is 2.38. The van der Waals surface area contributed by atoms with Crippen molar-refractivity contribution in [3.8, 4) is 22.6 Å². The third kappa shape index (κ3) is 3.15. The Morgan fingerprint density at radius 3 is 2.68 bits per heavy atom. The predicted octanol–water partition coefficient (Wildman–Crippen LogP) is 2.79. The second-order valence-corrected chi connectivity index (χ2v) is 5.98. The minimum Gasteiger partial charge on any atom is -0.496 e. The van der Waals surface area contributed by atoms with E-state index in [2.05, 4.69) is 0 Å². The molecule has 0 aromatic heterocycles. The van der Waals surface area contributed by atoms with Crippen LogP contribution in [0, 0.1) is 13.8 Å². The normalized spacial score (nSPS) is 13.2. The number of carbonyl (C=O) groups excluding carboxylic acids is 1. The largest absolute Gasteiger partial charge is 0.496 e. The molecule has 0 aliphatic carbocycles. The topological polar surface area (TPSA) is 76.1 Å². The molecule has 0 spiro atoms. The van der Waals surface area contributed by atoms with E-state index in [0.717, 1.165) is 28.0 Å². The molecule has 0 radical (unpaired) electrons. The van der Waals surface area contributed by atoms with Gasteiger partial charge in [0.15, 0.2) is 6.61 Å². The first-order valence-electron chi connectivity index (χ1n) is 7.85. The number of carboxylic acids is 1. The number of carbonyl (C=O) groups is 2. The summed E-state index contributed by atoms with van der Waals surface area (Å²) in [5, 5.41) is 9.01. The number of nitrogens with zero attached hydrogens (tertiary/aromatic N) is 1. The van der Waals surface area contributed by atoms with Crippen molar-refractivity contribution in [2.45, 2.75) is 13.8 Å². The highest BCUT2D eigenvalue weighted by Gasteiger charge is 2.27. The molecule has 25 heavy (non-hydrogen) atoms. The van der Waals surface area contributed by atoms with Crippen molar-refractivity contribution in [1.29, 1.82) is 0 Å². The minimum absolute atomic E-state index is 0.162. The number of ether oxygens (including phenoxy) is 2. The Balaban J connectivity index is 2.03. The molecule has 1 heterocycles. The number of amides is 1. The van der Waals surface area contributed by atoms with Crippen molar-refractivity contribution in [2.24, 2.45) is 0 Å². The fourth-order valence-corrected chi connectivity index (χ4v) is 3.00. The molecule has 2 aromatic carbocycles. The van der Waals surface area contributed by atoms with E-state index < -0.39 is 5.97 Å². The zero-order valence-electron chi connectivity index (χ0n) is 14.3. The van der Waals surface area contributed by atoms with Crippen LogP contribution >= 0.6 is 0 Å². The predicted molar refractivity (Wildman–Crippen MR) is 93.4 cm³/mol. The molecule has 2 aromatic rings. The van der Waals surface area contributed by atoms with E-state index in [4.69, 9.17) is 14.6 Å². The van der Waals surface area contributed by atoms with Gasteiger partial charge < -0.3 is 14.6 Å². The fraction of sp³-hybridized carbons (Fsp3) is 0.263. The van der Waals surface area contributed by atoms with Gasteiger partial charge in [-0.25, -0.2) is 0 Å². The average Bonchev–Trinajstić information content (AvgIpc) is 2.58. The molecule has 0 saturated heterocycles. The van der Waals surface area contributed by atoms with E-state index in [9.17, 15) is 9.59 Å². The summed E-state index contributed by atoms with van der Waals surface area (Å²) in [4.78, 5) is 24.2. The summed E-state index contributed by atoms with van der Waals surface area (Å²) in [6, 6.07) is 9.45. The number of carboxylic acid groups (broad SMARTS) is 1. The molecular weight excluding hydrogens is 322 g/mol. The van der Waals surface area contributed by atoms with Gasteiger partial charge in [0.2, 0.25) is 0 Å². The van der Waals surface area contributed by atoms with Crippen molar-refractivity contribution in [2.75, 3.05) is 25.2 Å². The van der Waals surface area contributed by atoms with Crippen molar-refractivity contribution in [3.05, 3.63) is 41.5 Å². The maximum atomic E-state index is 11.9. The second kappa shape index (κ2) is 6.47. The summed E-state index contributed by atoms with van der Waals surface area (Å²) in [6.45, 7) is 3.43. The summed E-state index contributed by atoms with van der Waals surface area (Å²) in [7, 11) is 1.64. The number of benzene rings is 2. The lowest BCUT2D eigenvalue weighted by atomic mass is 9.97. The first-order valence-corrected chi connectivity index (χ1v) is 7.85. The van der Waals surface area contributed by atoms with Crippen LogP contribution in [-0.2, 0) is 9.59 Å². The molecule has 0 atom stereocenters. The van der Waals surface area contributed by atoms with Crippen LogP contribution in [-0.4, -0.2) is 37.2 Å². The number of rotatable bonds is 4. The molecule has 0 unspecified atom stereocenters. The summed E-state index contributed by atoms with van der Waals surface area (Å²) >= 11 is 0. The quantitative estimate of drug-likeness (QED) is 0.925. The Bertz CT molecular complexity index is 859. The highest BCUT2D eigenvalue weighted by atomic mass is 16.5. The van der Waals surface area contributed by atoms with Crippen LogP contribution in [0.3, 0.4) is 0 Å². The Labute approximate surface area is 145 Å². The zero-order valence-corrected chi connectivity index (χ0v) is 14.3. The lowest BCUT2D eigenvalue weighted by Gasteiger charge is -2.28. The Morgan fingerprint density at radius 2 is 2.00 bits per heavy atom. The number of hydrogen-bond donors (Lipinski definition) is 1. The van der Waals surface area contributed by atoms with Crippen LogP contribution in [0.15, 0.2) is 30.3 Å². The second-order valence-electron chi connectivity index (χ2n) is 5.98. The van der Waals surface area contributed by atoms with Crippen LogP contribution in [0.2, 0.25) is 0 Å². The van der Waals surface area contributed by atoms with Crippen LogP contribution in [0.1, 0.15) is 11.1 Å². The average molecular weight is 341 g/mol. The van der Waals surface area contributed by atoms with Crippen molar-refractivity contribution in [1.82, 2.24) is 0 Å². The molecule has 0 fully saturated rings. The monoisotopic (exact) mass is 341 g/mol. The lowest BCUT2D eigenvalue weighted by Crippen LogP contribution is -2.41. The van der Waals surface area contributed by atoms with E-state index in [1.807, 2.05) is 38.1 Å². The minimum atomic E-state index is -1.06. The molecule has 1 amide bonds. The molecule has 6 heteroatoms. The van der Waals surface area contributed by atoms with Crippen LogP contribution in [0.25, 0.3) is 11.1 Å². The van der Waals surface area contributed by atoms with Gasteiger partial charge in [-0.05, 0) is 60.4 Å². The number of aryl methyl sites for hydroxylation is 2. The van der Waals surface area contributed by atoms with Gasteiger partial charge in [0, 0.05) is 0 Å². The maximum absolute atomic E-state index is 11.9. The van der Waals surface area contributed by atoms with Crippen LogP contribution < -0.4 is 14.4 Å². The first-order chi connectivity index (χ1) is 11.9. The first kappa shape index (κ1) is 16.8. The van der Waals surface area contributed by atoms with E-state index in [0.29, 0.717) is 11.4 Å². The smallest absolute Gasteiger partial charge is 0.323 e. The van der Waals surface area contributed by atoms with E-state index >= 15 is 0 Å². The number of methoxy groups -OCH3 is 1. The van der Waals surface area contributed by atoms with Gasteiger partial charge in [-0.1, -0.05) is 6.07 Å². The summed E-state index contributed by atoms with van der Waals surface area (Å²) in [6.07, 6.45) is 0. The van der Waals surface area contributed by atoms with Crippen molar-refractivity contribution in [3.63, 3.8) is 0 Å². The van der Waals surface area contributed by atoms with Crippen LogP contribution in [0.5, 0.6) is 11.5 Å². The van der Waals surface area contributed by atoms with Gasteiger partial charge in [0.25, 0.3) is 5.91 Å². The lowest BCUT2D eigenvalue weighted by molar-refractivity contribution is -0.137. The van der Waals surface area contributed by atoms with Gasteiger partial charge in [-0.3, -0.25) is 14.5 Å². The summed E-state index contributed by atoms with van der Waals surface area (Å²) in [5.41, 5.74) is 4.52. The van der Waals surface area contributed by atoms with Gasteiger partial charge in [-0.2, -0.15) is 0 Å². The van der Waals surface area contributed by atoms with Crippen LogP contribution in [0.4, 0.5) is 5.69 Å². The highest BCUT2D eigenvalue weighted by molar-refractivity contribution is 6.01. The van der Waals surface area contributed by atoms with Gasteiger partial charge in [-0.15, -0.1) is 0 Å². The van der Waals surface area contributed by atoms with E-state index in [1.54, 1.807) is 13.2 Å². The van der Waals surface area contributed by atoms with Gasteiger partial charge >= 0.3 is 5.97 Å². The molecule has 1 N–H and O–H groups in total. The molecule has 0 bridgehead atoms. The van der Waals surface area contributed by atoms with Gasteiger partial charge in [0.05, 0.1) is 12.8 Å². The Hall–Kier alpha value is -3.02. The third-order valence-corrected chi connectivity index (χ3v) is 4.25.